The van der Waals surface area contributed by atoms with E-state index >= 15 is 0 Å². The molecule has 2 aromatic carbocycles. The number of benzene rings is 2. The van der Waals surface area contributed by atoms with Gasteiger partial charge in [-0.2, -0.15) is 0 Å². The van der Waals surface area contributed by atoms with E-state index < -0.39 is 0 Å². The molecule has 104 valence electrons. The molecule has 2 aromatic rings. The second kappa shape index (κ2) is 5.97. The predicted octanol–water partition coefficient (Wildman–Crippen LogP) is 2.50. The molecule has 0 atom stereocenters. The van der Waals surface area contributed by atoms with Crippen molar-refractivity contribution in [2.45, 2.75) is 6.92 Å². The van der Waals surface area contributed by atoms with Gasteiger partial charge < -0.3 is 21.5 Å². The van der Waals surface area contributed by atoms with Gasteiger partial charge in [0, 0.05) is 22.6 Å². The van der Waals surface area contributed by atoms with Crippen LogP contribution in [0.5, 0.6) is 5.75 Å². The van der Waals surface area contributed by atoms with Gasteiger partial charge in [-0.1, -0.05) is 0 Å². The molecule has 0 spiro atoms. The summed E-state index contributed by atoms with van der Waals surface area (Å²) in [4.78, 5) is 12.1. The van der Waals surface area contributed by atoms with Crippen LogP contribution >= 0.6 is 0 Å². The summed E-state index contributed by atoms with van der Waals surface area (Å²) in [6.07, 6.45) is 0. The maximum atomic E-state index is 12.1. The van der Waals surface area contributed by atoms with Gasteiger partial charge in [0.2, 0.25) is 0 Å². The number of carbonyl (C=O) groups excluding carboxylic acids is 1. The first-order valence-corrected chi connectivity index (χ1v) is 6.28. The highest BCUT2D eigenvalue weighted by Crippen LogP contribution is 2.18. The number of hydrogen-bond donors (Lipinski definition) is 3. The molecule has 5 heteroatoms. The monoisotopic (exact) mass is 271 g/mol. The van der Waals surface area contributed by atoms with Crippen molar-refractivity contribution in [2.24, 2.45) is 0 Å². The number of ether oxygens (including phenoxy) is 1. The second-order valence-electron chi connectivity index (χ2n) is 4.30. The molecule has 1 amide bonds. The summed E-state index contributed by atoms with van der Waals surface area (Å²) in [5, 5.41) is 2.78. The standard InChI is InChI=1S/C15H17N3O2/c1-2-20-14-5-3-13(4-6-14)18-15(19)10-7-11(16)9-12(17)8-10/h3-9H,2,16-17H2,1H3,(H,18,19). The predicted molar refractivity (Wildman–Crippen MR) is 80.8 cm³/mol. The third-order valence-corrected chi connectivity index (χ3v) is 2.66. The lowest BCUT2D eigenvalue weighted by molar-refractivity contribution is 0.102. The minimum absolute atomic E-state index is 0.256. The molecule has 0 aliphatic carbocycles. The van der Waals surface area contributed by atoms with Crippen molar-refractivity contribution < 1.29 is 9.53 Å². The molecule has 0 aliphatic rings. The normalized spacial score (nSPS) is 10.1. The largest absolute Gasteiger partial charge is 0.494 e. The summed E-state index contributed by atoms with van der Waals surface area (Å²) in [6, 6.07) is 11.9. The van der Waals surface area contributed by atoms with Crippen LogP contribution in [-0.2, 0) is 0 Å². The summed E-state index contributed by atoms with van der Waals surface area (Å²) < 4.78 is 5.34. The molecule has 0 heterocycles. The van der Waals surface area contributed by atoms with Crippen molar-refractivity contribution in [3.05, 3.63) is 48.0 Å². The number of hydrogen-bond acceptors (Lipinski definition) is 4. The van der Waals surface area contributed by atoms with E-state index in [0.29, 0.717) is 29.2 Å². The highest BCUT2D eigenvalue weighted by atomic mass is 16.5. The van der Waals surface area contributed by atoms with Crippen LogP contribution in [0.15, 0.2) is 42.5 Å². The fraction of sp³-hybridized carbons (Fsp3) is 0.133. The summed E-state index contributed by atoms with van der Waals surface area (Å²) >= 11 is 0. The highest BCUT2D eigenvalue weighted by Gasteiger charge is 2.07. The lowest BCUT2D eigenvalue weighted by atomic mass is 10.1. The zero-order valence-electron chi connectivity index (χ0n) is 11.2. The fourth-order valence-electron chi connectivity index (χ4n) is 1.81. The fourth-order valence-corrected chi connectivity index (χ4v) is 1.81. The van der Waals surface area contributed by atoms with E-state index in [1.54, 1.807) is 42.5 Å². The van der Waals surface area contributed by atoms with Crippen molar-refractivity contribution in [3.8, 4) is 5.75 Å². The zero-order chi connectivity index (χ0) is 14.5. The average Bonchev–Trinajstić information content (AvgIpc) is 2.40. The quantitative estimate of drug-likeness (QED) is 0.745. The molecule has 0 radical (unpaired) electrons. The Hall–Kier alpha value is -2.69. The smallest absolute Gasteiger partial charge is 0.255 e. The van der Waals surface area contributed by atoms with Gasteiger partial charge in [-0.05, 0) is 49.4 Å². The molecular weight excluding hydrogens is 254 g/mol. The number of carbonyl (C=O) groups is 1. The first kappa shape index (κ1) is 13.7. The third-order valence-electron chi connectivity index (χ3n) is 2.66. The lowest BCUT2D eigenvalue weighted by Crippen LogP contribution is -2.12. The van der Waals surface area contributed by atoms with Gasteiger partial charge in [0.05, 0.1) is 6.61 Å². The molecule has 5 N–H and O–H groups in total. The SMILES string of the molecule is CCOc1ccc(NC(=O)c2cc(N)cc(N)c2)cc1. The second-order valence-corrected chi connectivity index (χ2v) is 4.30. The van der Waals surface area contributed by atoms with E-state index in [0.717, 1.165) is 5.75 Å². The Morgan fingerprint density at radius 2 is 1.70 bits per heavy atom. The Labute approximate surface area is 117 Å². The van der Waals surface area contributed by atoms with Crippen molar-refractivity contribution in [3.63, 3.8) is 0 Å². The maximum absolute atomic E-state index is 12.1. The van der Waals surface area contributed by atoms with E-state index in [-0.39, 0.29) is 5.91 Å². The third kappa shape index (κ3) is 3.41. The summed E-state index contributed by atoms with van der Waals surface area (Å²) in [5.74, 6) is 0.506. The van der Waals surface area contributed by atoms with E-state index in [9.17, 15) is 4.79 Å². The molecule has 2 rings (SSSR count). The van der Waals surface area contributed by atoms with Crippen LogP contribution in [0, 0.1) is 0 Å². The number of nitrogen functional groups attached to an aromatic ring is 2. The Balaban J connectivity index is 2.10. The Kier molecular flexibility index (Phi) is 4.10. The van der Waals surface area contributed by atoms with Crippen molar-refractivity contribution in [2.75, 3.05) is 23.4 Å². The van der Waals surface area contributed by atoms with Gasteiger partial charge >= 0.3 is 0 Å². The molecule has 0 unspecified atom stereocenters. The number of rotatable bonds is 4. The molecule has 5 nitrogen and oxygen atoms in total. The van der Waals surface area contributed by atoms with Gasteiger partial charge in [-0.15, -0.1) is 0 Å². The summed E-state index contributed by atoms with van der Waals surface area (Å²) in [7, 11) is 0. The number of nitrogens with two attached hydrogens (primary N) is 2. The Morgan fingerprint density at radius 1 is 1.10 bits per heavy atom. The van der Waals surface area contributed by atoms with Crippen LogP contribution in [-0.4, -0.2) is 12.5 Å². The molecule has 0 aromatic heterocycles. The minimum atomic E-state index is -0.256. The van der Waals surface area contributed by atoms with Crippen LogP contribution in [0.4, 0.5) is 17.1 Å². The first-order valence-electron chi connectivity index (χ1n) is 6.28. The van der Waals surface area contributed by atoms with Crippen LogP contribution in [0.1, 0.15) is 17.3 Å². The van der Waals surface area contributed by atoms with Crippen LogP contribution in [0.2, 0.25) is 0 Å². The van der Waals surface area contributed by atoms with Crippen LogP contribution in [0.25, 0.3) is 0 Å². The number of nitrogens with one attached hydrogen (secondary N) is 1. The molecule has 0 saturated carbocycles. The molecule has 0 fully saturated rings. The zero-order valence-corrected chi connectivity index (χ0v) is 11.2. The van der Waals surface area contributed by atoms with Crippen molar-refractivity contribution in [1.82, 2.24) is 0 Å². The van der Waals surface area contributed by atoms with Crippen molar-refractivity contribution >= 4 is 23.0 Å². The van der Waals surface area contributed by atoms with Gasteiger partial charge in [0.1, 0.15) is 5.75 Å². The molecular formula is C15H17N3O2. The van der Waals surface area contributed by atoms with E-state index in [1.807, 2.05) is 6.92 Å². The lowest BCUT2D eigenvalue weighted by Gasteiger charge is -2.08. The summed E-state index contributed by atoms with van der Waals surface area (Å²) in [5.41, 5.74) is 13.4. The topological polar surface area (TPSA) is 90.4 Å². The maximum Gasteiger partial charge on any atom is 0.255 e. The van der Waals surface area contributed by atoms with E-state index in [4.69, 9.17) is 16.2 Å². The van der Waals surface area contributed by atoms with E-state index in [2.05, 4.69) is 5.32 Å². The average molecular weight is 271 g/mol. The Morgan fingerprint density at radius 3 is 2.25 bits per heavy atom. The minimum Gasteiger partial charge on any atom is -0.494 e. The van der Waals surface area contributed by atoms with Crippen molar-refractivity contribution in [1.29, 1.82) is 0 Å². The number of amides is 1. The molecule has 0 saturated heterocycles. The summed E-state index contributed by atoms with van der Waals surface area (Å²) in [6.45, 7) is 2.52. The Bertz CT molecular complexity index is 589. The van der Waals surface area contributed by atoms with Gasteiger partial charge in [-0.25, -0.2) is 0 Å². The van der Waals surface area contributed by atoms with E-state index in [1.165, 1.54) is 0 Å². The van der Waals surface area contributed by atoms with Gasteiger partial charge in [-0.3, -0.25) is 4.79 Å². The molecule has 0 bridgehead atoms. The number of anilines is 3. The highest BCUT2D eigenvalue weighted by molar-refractivity contribution is 6.05. The van der Waals surface area contributed by atoms with Crippen LogP contribution < -0.4 is 21.5 Å². The molecule has 20 heavy (non-hydrogen) atoms. The molecule has 0 aliphatic heterocycles. The first-order chi connectivity index (χ1) is 9.58. The van der Waals surface area contributed by atoms with Crippen LogP contribution in [0.3, 0.4) is 0 Å². The van der Waals surface area contributed by atoms with Gasteiger partial charge in [0.15, 0.2) is 0 Å². The van der Waals surface area contributed by atoms with Gasteiger partial charge in [0.25, 0.3) is 5.91 Å².